The molecular formula is C18H14F6N6. The normalized spacial score (nSPS) is 19.7. The highest BCUT2D eigenvalue weighted by molar-refractivity contribution is 6.04. The maximum absolute atomic E-state index is 13.2. The highest BCUT2D eigenvalue weighted by Crippen LogP contribution is 2.38. The van der Waals surface area contributed by atoms with Gasteiger partial charge in [0.1, 0.15) is 17.1 Å². The molecule has 0 radical (unpaired) electrons. The predicted molar refractivity (Wildman–Crippen MR) is 95.4 cm³/mol. The average molecular weight is 428 g/mol. The van der Waals surface area contributed by atoms with Crippen molar-refractivity contribution in [2.75, 3.05) is 6.54 Å². The Labute approximate surface area is 167 Å². The molecule has 1 aromatic rings. The molecular weight excluding hydrogens is 414 g/mol. The molecule has 0 fully saturated rings. The predicted octanol–water partition coefficient (Wildman–Crippen LogP) is 4.25. The van der Waals surface area contributed by atoms with Gasteiger partial charge in [-0.15, -0.1) is 6.58 Å². The fourth-order valence-corrected chi connectivity index (χ4v) is 2.96. The minimum atomic E-state index is -4.86. The van der Waals surface area contributed by atoms with Crippen LogP contribution >= 0.6 is 0 Å². The number of aliphatic imine (C=N–C) groups is 1. The lowest BCUT2D eigenvalue weighted by atomic mass is 9.91. The number of nitriles is 2. The van der Waals surface area contributed by atoms with Crippen molar-refractivity contribution in [2.45, 2.75) is 31.2 Å². The van der Waals surface area contributed by atoms with Gasteiger partial charge in [0.15, 0.2) is 6.19 Å². The van der Waals surface area contributed by atoms with Crippen molar-refractivity contribution in [2.24, 2.45) is 10.1 Å². The number of hydrogen-bond donors (Lipinski definition) is 1. The Morgan fingerprint density at radius 1 is 1.30 bits per heavy atom. The van der Waals surface area contributed by atoms with Gasteiger partial charge < -0.3 is 0 Å². The number of hydrazone groups is 1. The summed E-state index contributed by atoms with van der Waals surface area (Å²) in [4.78, 5) is 3.96. The van der Waals surface area contributed by atoms with E-state index >= 15 is 0 Å². The summed E-state index contributed by atoms with van der Waals surface area (Å²) in [6, 6.07) is 3.96. The second-order valence-electron chi connectivity index (χ2n) is 6.10. The fraction of sp³-hybridized carbons (Fsp3) is 0.333. The van der Waals surface area contributed by atoms with E-state index in [0.29, 0.717) is 6.07 Å². The summed E-state index contributed by atoms with van der Waals surface area (Å²) in [6.07, 6.45) is -7.74. The van der Waals surface area contributed by atoms with Crippen LogP contribution in [0, 0.1) is 22.8 Å². The van der Waals surface area contributed by atoms with Crippen LogP contribution < -0.4 is 5.32 Å². The van der Waals surface area contributed by atoms with Crippen LogP contribution in [0.15, 0.2) is 40.9 Å². The molecule has 1 heterocycles. The number of alkyl halides is 6. The Bertz CT molecular complexity index is 979. The number of halogens is 6. The van der Waals surface area contributed by atoms with Crippen molar-refractivity contribution in [1.29, 1.82) is 10.5 Å². The van der Waals surface area contributed by atoms with Gasteiger partial charge in [-0.05, 0) is 25.1 Å². The van der Waals surface area contributed by atoms with Crippen LogP contribution in [0.3, 0.4) is 0 Å². The van der Waals surface area contributed by atoms with E-state index in [0.717, 1.165) is 23.2 Å². The van der Waals surface area contributed by atoms with E-state index in [4.69, 9.17) is 10.5 Å². The lowest BCUT2D eigenvalue weighted by molar-refractivity contribution is -0.137. The molecule has 0 spiro atoms. The van der Waals surface area contributed by atoms with Crippen LogP contribution in [-0.4, -0.2) is 34.8 Å². The first kappa shape index (κ1) is 22.7. The Kier molecular flexibility index (Phi) is 6.11. The first-order valence-corrected chi connectivity index (χ1v) is 8.34. The molecule has 0 aliphatic carbocycles. The Morgan fingerprint density at radius 2 is 1.97 bits per heavy atom. The van der Waals surface area contributed by atoms with E-state index in [9.17, 15) is 26.3 Å². The molecule has 2 rings (SSSR count). The third-order valence-corrected chi connectivity index (χ3v) is 4.36. The van der Waals surface area contributed by atoms with Gasteiger partial charge in [-0.3, -0.25) is 10.3 Å². The van der Waals surface area contributed by atoms with Gasteiger partial charge in [-0.25, -0.2) is 4.99 Å². The van der Waals surface area contributed by atoms with Crippen molar-refractivity contribution >= 4 is 17.2 Å². The van der Waals surface area contributed by atoms with Gasteiger partial charge in [0.25, 0.3) is 0 Å². The summed E-state index contributed by atoms with van der Waals surface area (Å²) < 4.78 is 79.3. The van der Waals surface area contributed by atoms with E-state index in [1.165, 1.54) is 19.2 Å². The molecule has 1 atom stereocenters. The zero-order valence-electron chi connectivity index (χ0n) is 15.4. The molecule has 0 saturated carbocycles. The summed E-state index contributed by atoms with van der Waals surface area (Å²) in [5, 5.41) is 24.6. The van der Waals surface area contributed by atoms with E-state index in [-0.39, 0.29) is 18.1 Å². The van der Waals surface area contributed by atoms with Gasteiger partial charge in [0.05, 0.1) is 22.9 Å². The first-order chi connectivity index (χ1) is 13.9. The van der Waals surface area contributed by atoms with E-state index in [1.807, 2.05) is 0 Å². The summed E-state index contributed by atoms with van der Waals surface area (Å²) in [7, 11) is 0. The van der Waals surface area contributed by atoms with Crippen molar-refractivity contribution in [3.8, 4) is 12.3 Å². The molecule has 1 N–H and O–H groups in total. The second-order valence-corrected chi connectivity index (χ2v) is 6.10. The van der Waals surface area contributed by atoms with Gasteiger partial charge in [-0.1, -0.05) is 6.08 Å². The average Bonchev–Trinajstić information content (AvgIpc) is 3.07. The first-order valence-electron chi connectivity index (χ1n) is 8.34. The highest BCUT2D eigenvalue weighted by Gasteiger charge is 2.52. The van der Waals surface area contributed by atoms with Crippen molar-refractivity contribution in [3.63, 3.8) is 0 Å². The maximum Gasteiger partial charge on any atom is 0.431 e. The van der Waals surface area contributed by atoms with Crippen LogP contribution in [0.4, 0.5) is 32.0 Å². The van der Waals surface area contributed by atoms with Gasteiger partial charge in [0.2, 0.25) is 0 Å². The fourth-order valence-electron chi connectivity index (χ4n) is 2.96. The third-order valence-electron chi connectivity index (χ3n) is 4.36. The Balaban J connectivity index is 2.64. The standard InChI is InChI=1S/C18H14F6N6/c1-3-16(8-14(18(22,23)24)29-30(16)4-2)15(27-10-26)28-12-6-5-11(9-25)13(7-12)17(19,20)21/h3,5-7H,1,4,8H2,2H3,(H,27,28)/t16-/m0/s1. The lowest BCUT2D eigenvalue weighted by Gasteiger charge is -2.34. The zero-order valence-corrected chi connectivity index (χ0v) is 15.4. The summed E-state index contributed by atoms with van der Waals surface area (Å²) in [5.41, 5.74) is -5.11. The lowest BCUT2D eigenvalue weighted by Crippen LogP contribution is -2.53. The Hall–Kier alpha value is -3.54. The smallest absolute Gasteiger partial charge is 0.279 e. The van der Waals surface area contributed by atoms with Gasteiger partial charge in [-0.2, -0.15) is 42.0 Å². The molecule has 1 aliphatic heterocycles. The summed E-state index contributed by atoms with van der Waals surface area (Å²) >= 11 is 0. The van der Waals surface area contributed by atoms with Crippen molar-refractivity contribution < 1.29 is 26.3 Å². The van der Waals surface area contributed by atoms with Crippen molar-refractivity contribution in [3.05, 3.63) is 42.0 Å². The molecule has 1 aliphatic rings. The second kappa shape index (κ2) is 8.06. The van der Waals surface area contributed by atoms with Crippen molar-refractivity contribution in [1.82, 2.24) is 10.3 Å². The quantitative estimate of drug-likeness (QED) is 0.194. The molecule has 1 aromatic carbocycles. The van der Waals surface area contributed by atoms with Crippen LogP contribution in [-0.2, 0) is 6.18 Å². The topological polar surface area (TPSA) is 87.6 Å². The Morgan fingerprint density at radius 3 is 2.43 bits per heavy atom. The third kappa shape index (κ3) is 4.22. The largest absolute Gasteiger partial charge is 0.431 e. The van der Waals surface area contributed by atoms with Gasteiger partial charge >= 0.3 is 12.4 Å². The van der Waals surface area contributed by atoms with Gasteiger partial charge in [0, 0.05) is 13.0 Å². The molecule has 158 valence electrons. The maximum atomic E-state index is 13.2. The molecule has 30 heavy (non-hydrogen) atoms. The number of benzene rings is 1. The molecule has 0 amide bonds. The number of nitrogens with one attached hydrogen (secondary N) is 1. The zero-order chi connectivity index (χ0) is 22.7. The number of nitrogens with zero attached hydrogens (tertiary/aromatic N) is 5. The summed E-state index contributed by atoms with van der Waals surface area (Å²) in [6.45, 7) is 5.00. The molecule has 0 aromatic heterocycles. The molecule has 12 heteroatoms. The number of hydrogen-bond acceptors (Lipinski definition) is 5. The minimum Gasteiger partial charge on any atom is -0.279 e. The molecule has 0 bridgehead atoms. The van der Waals surface area contributed by atoms with E-state index in [2.05, 4.69) is 22.0 Å². The minimum absolute atomic E-state index is 0.0289. The summed E-state index contributed by atoms with van der Waals surface area (Å²) in [5.74, 6) is -0.386. The number of likely N-dealkylation sites (N-methyl/N-ethyl adjacent to an activating group) is 1. The highest BCUT2D eigenvalue weighted by atomic mass is 19.4. The van der Waals surface area contributed by atoms with Crippen LogP contribution in [0.25, 0.3) is 0 Å². The molecule has 0 saturated heterocycles. The monoisotopic (exact) mass is 428 g/mol. The van der Waals surface area contributed by atoms with E-state index < -0.39 is 41.2 Å². The van der Waals surface area contributed by atoms with Crippen LogP contribution in [0.1, 0.15) is 24.5 Å². The van der Waals surface area contributed by atoms with E-state index in [1.54, 1.807) is 0 Å². The number of rotatable bonds is 4. The molecule has 0 unspecified atom stereocenters. The van der Waals surface area contributed by atoms with Crippen LogP contribution in [0.5, 0.6) is 0 Å². The van der Waals surface area contributed by atoms with Crippen LogP contribution in [0.2, 0.25) is 0 Å². The number of amidine groups is 1. The molecule has 6 nitrogen and oxygen atoms in total. The SMILES string of the molecule is C=C[C@@]1(C(=Nc2ccc(C#N)c(C(F)(F)F)c2)NC#N)CC(C(F)(F)F)=NN1CC.